The van der Waals surface area contributed by atoms with Crippen LogP contribution in [-0.4, -0.2) is 19.9 Å². The standard InChI is InChI=1S/C25H17ClFN5O/c26-21-11-18(5-7-22(21)27)30-25-20-12-19(33-15-16-3-1-9-28-13-16)6-8-23(20)31-24(32-25)17-4-2-10-29-14-17/h1-14H,15H2,(H,30,31,32). The van der Waals surface area contributed by atoms with Crippen molar-refractivity contribution in [1.82, 2.24) is 19.9 Å². The molecule has 3 aromatic heterocycles. The maximum atomic E-state index is 13.6. The molecular formula is C25H17ClFN5O. The maximum Gasteiger partial charge on any atom is 0.163 e. The first kappa shape index (κ1) is 20.8. The molecule has 3 heterocycles. The van der Waals surface area contributed by atoms with Gasteiger partial charge in [-0.2, -0.15) is 0 Å². The van der Waals surface area contributed by atoms with Crippen molar-refractivity contribution < 1.29 is 9.13 Å². The Hall–Kier alpha value is -4.10. The van der Waals surface area contributed by atoms with Crippen LogP contribution in [0.15, 0.2) is 85.5 Å². The smallest absolute Gasteiger partial charge is 0.163 e. The molecule has 0 amide bonds. The molecule has 0 aliphatic heterocycles. The number of fused-ring (bicyclic) bond motifs is 1. The lowest BCUT2D eigenvalue weighted by Gasteiger charge is -2.13. The minimum Gasteiger partial charge on any atom is -0.489 e. The first-order chi connectivity index (χ1) is 16.2. The summed E-state index contributed by atoms with van der Waals surface area (Å²) in [6.45, 7) is 0.379. The summed E-state index contributed by atoms with van der Waals surface area (Å²) >= 11 is 5.97. The van der Waals surface area contributed by atoms with Gasteiger partial charge >= 0.3 is 0 Å². The second kappa shape index (κ2) is 9.18. The van der Waals surface area contributed by atoms with Crippen molar-refractivity contribution >= 4 is 34.0 Å². The van der Waals surface area contributed by atoms with E-state index in [4.69, 9.17) is 26.3 Å². The van der Waals surface area contributed by atoms with Crippen molar-refractivity contribution in [2.24, 2.45) is 0 Å². The Kier molecular flexibility index (Phi) is 5.78. The lowest BCUT2D eigenvalue weighted by Crippen LogP contribution is -2.01. The summed E-state index contributed by atoms with van der Waals surface area (Å²) in [5, 5.41) is 4.00. The average molecular weight is 458 g/mol. The van der Waals surface area contributed by atoms with Crippen molar-refractivity contribution in [2.45, 2.75) is 6.61 Å². The van der Waals surface area contributed by atoms with E-state index >= 15 is 0 Å². The van der Waals surface area contributed by atoms with Gasteiger partial charge in [-0.3, -0.25) is 9.97 Å². The van der Waals surface area contributed by atoms with E-state index in [2.05, 4.69) is 15.3 Å². The molecule has 0 aliphatic rings. The number of rotatable bonds is 6. The third-order valence-electron chi connectivity index (χ3n) is 4.90. The van der Waals surface area contributed by atoms with E-state index in [1.165, 1.54) is 12.1 Å². The van der Waals surface area contributed by atoms with E-state index in [0.29, 0.717) is 35.2 Å². The minimum absolute atomic E-state index is 0.0198. The van der Waals surface area contributed by atoms with Crippen molar-refractivity contribution in [1.29, 1.82) is 0 Å². The zero-order chi connectivity index (χ0) is 22.6. The zero-order valence-electron chi connectivity index (χ0n) is 17.2. The molecule has 0 saturated heterocycles. The lowest BCUT2D eigenvalue weighted by atomic mass is 10.2. The highest BCUT2D eigenvalue weighted by Crippen LogP contribution is 2.31. The van der Waals surface area contributed by atoms with Gasteiger partial charge in [-0.25, -0.2) is 14.4 Å². The predicted molar refractivity (Wildman–Crippen MR) is 126 cm³/mol. The Bertz CT molecular complexity index is 1420. The largest absolute Gasteiger partial charge is 0.489 e. The fourth-order valence-corrected chi connectivity index (χ4v) is 3.46. The van der Waals surface area contributed by atoms with Gasteiger partial charge in [-0.15, -0.1) is 0 Å². The molecule has 0 radical (unpaired) electrons. The van der Waals surface area contributed by atoms with E-state index in [-0.39, 0.29) is 5.02 Å². The Labute approximate surface area is 194 Å². The van der Waals surface area contributed by atoms with Crippen LogP contribution in [0.4, 0.5) is 15.9 Å². The summed E-state index contributed by atoms with van der Waals surface area (Å²) < 4.78 is 19.6. The van der Waals surface area contributed by atoms with Crippen molar-refractivity contribution in [3.05, 3.63) is 102 Å². The van der Waals surface area contributed by atoms with E-state index in [9.17, 15) is 4.39 Å². The molecule has 8 heteroatoms. The number of benzene rings is 2. The number of nitrogens with zero attached hydrogens (tertiary/aromatic N) is 4. The molecule has 5 rings (SSSR count). The molecule has 0 saturated carbocycles. The number of hydrogen-bond acceptors (Lipinski definition) is 6. The van der Waals surface area contributed by atoms with Gasteiger partial charge < -0.3 is 10.1 Å². The summed E-state index contributed by atoms with van der Waals surface area (Å²) in [7, 11) is 0. The molecule has 0 aliphatic carbocycles. The van der Waals surface area contributed by atoms with Crippen molar-refractivity contribution in [2.75, 3.05) is 5.32 Å². The number of anilines is 2. The van der Waals surface area contributed by atoms with Gasteiger partial charge in [-0.1, -0.05) is 17.7 Å². The van der Waals surface area contributed by atoms with Gasteiger partial charge in [-0.05, 0) is 54.6 Å². The van der Waals surface area contributed by atoms with Crippen LogP contribution >= 0.6 is 11.6 Å². The summed E-state index contributed by atoms with van der Waals surface area (Å²) in [5.41, 5.74) is 3.05. The highest BCUT2D eigenvalue weighted by Gasteiger charge is 2.12. The summed E-state index contributed by atoms with van der Waals surface area (Å²) in [4.78, 5) is 17.7. The fourth-order valence-electron chi connectivity index (χ4n) is 3.28. The van der Waals surface area contributed by atoms with Gasteiger partial charge in [0.1, 0.15) is 24.0 Å². The molecule has 33 heavy (non-hydrogen) atoms. The first-order valence-corrected chi connectivity index (χ1v) is 10.5. The van der Waals surface area contributed by atoms with Gasteiger partial charge in [0.25, 0.3) is 0 Å². The SMILES string of the molecule is Fc1ccc(Nc2nc(-c3cccnc3)nc3ccc(OCc4cccnc4)cc23)cc1Cl. The topological polar surface area (TPSA) is 72.8 Å². The molecule has 0 fully saturated rings. The fraction of sp³-hybridized carbons (Fsp3) is 0.0400. The van der Waals surface area contributed by atoms with Crippen LogP contribution in [0, 0.1) is 5.82 Å². The van der Waals surface area contributed by atoms with Crippen LogP contribution in [0.1, 0.15) is 5.56 Å². The monoisotopic (exact) mass is 457 g/mol. The van der Waals surface area contributed by atoms with Crippen LogP contribution in [0.25, 0.3) is 22.3 Å². The van der Waals surface area contributed by atoms with Crippen molar-refractivity contribution in [3.63, 3.8) is 0 Å². The van der Waals surface area contributed by atoms with Gasteiger partial charge in [0.2, 0.25) is 0 Å². The Morgan fingerprint density at radius 3 is 2.52 bits per heavy atom. The number of nitrogens with one attached hydrogen (secondary N) is 1. The number of ether oxygens (including phenoxy) is 1. The van der Waals surface area contributed by atoms with E-state index in [0.717, 1.165) is 16.5 Å². The maximum absolute atomic E-state index is 13.6. The van der Waals surface area contributed by atoms with Gasteiger partial charge in [0.05, 0.1) is 10.5 Å². The summed E-state index contributed by atoms with van der Waals surface area (Å²) in [6.07, 6.45) is 6.87. The lowest BCUT2D eigenvalue weighted by molar-refractivity contribution is 0.306. The van der Waals surface area contributed by atoms with Crippen LogP contribution in [0.3, 0.4) is 0 Å². The number of aromatic nitrogens is 4. The average Bonchev–Trinajstić information content (AvgIpc) is 2.86. The van der Waals surface area contributed by atoms with Crippen LogP contribution < -0.4 is 10.1 Å². The molecule has 0 atom stereocenters. The molecular weight excluding hydrogens is 441 g/mol. The molecule has 0 bridgehead atoms. The third kappa shape index (κ3) is 4.73. The number of hydrogen-bond donors (Lipinski definition) is 1. The van der Waals surface area contributed by atoms with Crippen LogP contribution in [0.5, 0.6) is 5.75 Å². The Morgan fingerprint density at radius 1 is 0.909 bits per heavy atom. The van der Waals surface area contributed by atoms with Crippen LogP contribution in [-0.2, 0) is 6.61 Å². The van der Waals surface area contributed by atoms with Crippen LogP contribution in [0.2, 0.25) is 5.02 Å². The molecule has 162 valence electrons. The zero-order valence-corrected chi connectivity index (χ0v) is 18.0. The molecule has 6 nitrogen and oxygen atoms in total. The second-order valence-electron chi connectivity index (χ2n) is 7.22. The molecule has 2 aromatic carbocycles. The van der Waals surface area contributed by atoms with Crippen molar-refractivity contribution in [3.8, 4) is 17.1 Å². The number of pyridine rings is 2. The second-order valence-corrected chi connectivity index (χ2v) is 7.63. The van der Waals surface area contributed by atoms with Gasteiger partial charge in [0.15, 0.2) is 5.82 Å². The third-order valence-corrected chi connectivity index (χ3v) is 5.19. The van der Waals surface area contributed by atoms with E-state index in [1.807, 2.05) is 42.5 Å². The van der Waals surface area contributed by atoms with Gasteiger partial charge in [0, 0.05) is 47.0 Å². The normalized spacial score (nSPS) is 10.8. The summed E-state index contributed by atoms with van der Waals surface area (Å²) in [5.74, 6) is 1.21. The number of halogens is 2. The first-order valence-electron chi connectivity index (χ1n) is 10.1. The molecule has 5 aromatic rings. The minimum atomic E-state index is -0.489. The summed E-state index contributed by atoms with van der Waals surface area (Å²) in [6, 6.07) is 17.5. The quantitative estimate of drug-likeness (QED) is 0.327. The van der Waals surface area contributed by atoms with E-state index < -0.39 is 5.82 Å². The molecule has 1 N–H and O–H groups in total. The molecule has 0 spiro atoms. The Morgan fingerprint density at radius 2 is 1.76 bits per heavy atom. The predicted octanol–water partition coefficient (Wildman–Crippen LogP) is 6.20. The Balaban J connectivity index is 1.55. The highest BCUT2D eigenvalue weighted by atomic mass is 35.5. The molecule has 0 unspecified atom stereocenters. The highest BCUT2D eigenvalue weighted by molar-refractivity contribution is 6.31. The van der Waals surface area contributed by atoms with E-state index in [1.54, 1.807) is 30.9 Å².